The Balaban J connectivity index is 1.67. The van der Waals surface area contributed by atoms with Crippen LogP contribution in [-0.4, -0.2) is 45.4 Å². The molecule has 0 aromatic heterocycles. The van der Waals surface area contributed by atoms with Gasteiger partial charge < -0.3 is 28.5 Å². The average molecular weight is 423 g/mol. The first-order valence-electron chi connectivity index (χ1n) is 10.2. The Morgan fingerprint density at radius 1 is 1.03 bits per heavy atom. The molecule has 0 amide bonds. The van der Waals surface area contributed by atoms with Crippen molar-refractivity contribution >= 4 is 11.8 Å². The Morgan fingerprint density at radius 2 is 1.81 bits per heavy atom. The molecule has 0 aliphatic carbocycles. The smallest absolute Gasteiger partial charge is 0.164 e. The molecular formula is C24H25NO6. The fraction of sp³-hybridized carbons (Fsp3) is 0.375. The molecule has 2 atom stereocenters. The van der Waals surface area contributed by atoms with E-state index in [4.69, 9.17) is 28.5 Å². The van der Waals surface area contributed by atoms with E-state index in [2.05, 4.69) is 5.16 Å². The summed E-state index contributed by atoms with van der Waals surface area (Å²) in [5, 5.41) is 4.43. The molecule has 0 N–H and O–H groups in total. The van der Waals surface area contributed by atoms with Crippen molar-refractivity contribution in [2.24, 2.45) is 5.16 Å². The molecule has 162 valence electrons. The first kappa shape index (κ1) is 19.6. The average Bonchev–Trinajstić information content (AvgIpc) is 2.76. The largest absolute Gasteiger partial charge is 0.493 e. The Bertz CT molecular complexity index is 1100. The number of hydrogen-bond donors (Lipinski definition) is 0. The van der Waals surface area contributed by atoms with Crippen molar-refractivity contribution in [1.29, 1.82) is 0 Å². The van der Waals surface area contributed by atoms with E-state index in [1.165, 1.54) is 0 Å². The summed E-state index contributed by atoms with van der Waals surface area (Å²) in [6.07, 6.45) is 3.80. The van der Waals surface area contributed by atoms with Crippen LogP contribution in [-0.2, 0) is 4.84 Å². The van der Waals surface area contributed by atoms with Crippen molar-refractivity contribution in [3.63, 3.8) is 0 Å². The zero-order chi connectivity index (χ0) is 21.8. The van der Waals surface area contributed by atoms with Crippen molar-refractivity contribution in [2.45, 2.75) is 31.5 Å². The normalized spacial score (nSPS) is 23.2. The molecule has 2 aromatic rings. The molecule has 3 aliphatic rings. The summed E-state index contributed by atoms with van der Waals surface area (Å²) in [5.74, 6) is 3.29. The zero-order valence-electron chi connectivity index (χ0n) is 18.2. The van der Waals surface area contributed by atoms with Crippen LogP contribution in [0.3, 0.4) is 0 Å². The van der Waals surface area contributed by atoms with Crippen LogP contribution >= 0.6 is 0 Å². The lowest BCUT2D eigenvalue weighted by molar-refractivity contribution is 0.0941. The van der Waals surface area contributed by atoms with E-state index >= 15 is 0 Å². The second-order valence-corrected chi connectivity index (χ2v) is 8.24. The minimum Gasteiger partial charge on any atom is -0.493 e. The monoisotopic (exact) mass is 423 g/mol. The van der Waals surface area contributed by atoms with Crippen molar-refractivity contribution < 1.29 is 28.5 Å². The third-order valence-electron chi connectivity index (χ3n) is 5.84. The highest BCUT2D eigenvalue weighted by Crippen LogP contribution is 2.49. The molecule has 0 spiro atoms. The molecule has 3 heterocycles. The molecule has 0 fully saturated rings. The predicted molar refractivity (Wildman–Crippen MR) is 116 cm³/mol. The molecule has 1 unspecified atom stereocenters. The summed E-state index contributed by atoms with van der Waals surface area (Å²) in [6.45, 7) is 4.41. The maximum Gasteiger partial charge on any atom is 0.164 e. The topological polar surface area (TPSA) is 67.7 Å². The lowest BCUT2D eigenvalue weighted by atomic mass is 9.80. The van der Waals surface area contributed by atoms with Gasteiger partial charge in [-0.2, -0.15) is 0 Å². The van der Waals surface area contributed by atoms with Gasteiger partial charge in [-0.1, -0.05) is 5.16 Å². The van der Waals surface area contributed by atoms with Gasteiger partial charge in [-0.3, -0.25) is 0 Å². The standard InChI is InChI=1S/C24H25NO6/c1-24(2)9-8-13-16(31-24)7-6-14-22(25-28-5)21-15-10-18(26-3)19(27-4)11-17(15)29-12-20(21)30-23(13)14/h6-11,20-21H,12H2,1-5H3/b25-22+/t20?,21-/m0/s1. The van der Waals surface area contributed by atoms with Crippen LogP contribution in [0, 0.1) is 0 Å². The maximum atomic E-state index is 6.50. The minimum absolute atomic E-state index is 0.181. The molecule has 3 aliphatic heterocycles. The third-order valence-corrected chi connectivity index (χ3v) is 5.84. The number of benzene rings is 2. The van der Waals surface area contributed by atoms with Gasteiger partial charge in [0.25, 0.3) is 0 Å². The van der Waals surface area contributed by atoms with E-state index in [1.54, 1.807) is 21.3 Å². The van der Waals surface area contributed by atoms with Gasteiger partial charge in [-0.05, 0) is 44.2 Å². The van der Waals surface area contributed by atoms with Crippen molar-refractivity contribution in [1.82, 2.24) is 0 Å². The second-order valence-electron chi connectivity index (χ2n) is 8.24. The zero-order valence-corrected chi connectivity index (χ0v) is 18.2. The van der Waals surface area contributed by atoms with Crippen molar-refractivity contribution in [2.75, 3.05) is 27.9 Å². The van der Waals surface area contributed by atoms with Gasteiger partial charge in [-0.15, -0.1) is 0 Å². The van der Waals surface area contributed by atoms with E-state index in [-0.39, 0.29) is 17.6 Å². The first-order valence-corrected chi connectivity index (χ1v) is 10.2. The Hall–Kier alpha value is -3.35. The SMILES string of the molecule is CO/N=C1\c2ccc3c(c2OC2COc4cc(OC)c(OC)cc4[C@H]12)C=CC(C)(C)O3. The van der Waals surface area contributed by atoms with Crippen LogP contribution in [0.1, 0.15) is 36.5 Å². The van der Waals surface area contributed by atoms with Crippen LogP contribution in [0.25, 0.3) is 6.08 Å². The van der Waals surface area contributed by atoms with E-state index in [0.717, 1.165) is 39.7 Å². The third kappa shape index (κ3) is 3.07. The molecule has 0 saturated carbocycles. The van der Waals surface area contributed by atoms with E-state index in [9.17, 15) is 0 Å². The molecule has 7 heteroatoms. The van der Waals surface area contributed by atoms with Gasteiger partial charge in [0.1, 0.15) is 48.4 Å². The summed E-state index contributed by atoms with van der Waals surface area (Å²) >= 11 is 0. The van der Waals surface area contributed by atoms with Gasteiger partial charge >= 0.3 is 0 Å². The van der Waals surface area contributed by atoms with Gasteiger partial charge in [0.05, 0.1) is 25.7 Å². The van der Waals surface area contributed by atoms with Gasteiger partial charge in [-0.25, -0.2) is 0 Å². The quantitative estimate of drug-likeness (QED) is 0.690. The van der Waals surface area contributed by atoms with Gasteiger partial charge in [0.15, 0.2) is 11.5 Å². The van der Waals surface area contributed by atoms with E-state index < -0.39 is 0 Å². The lowest BCUT2D eigenvalue weighted by Gasteiger charge is -2.40. The van der Waals surface area contributed by atoms with Gasteiger partial charge in [0, 0.05) is 17.2 Å². The summed E-state index contributed by atoms with van der Waals surface area (Å²) < 4.78 is 29.6. The highest BCUT2D eigenvalue weighted by Gasteiger charge is 2.44. The number of methoxy groups -OCH3 is 2. The van der Waals surface area contributed by atoms with Crippen LogP contribution in [0.15, 0.2) is 35.5 Å². The maximum absolute atomic E-state index is 6.50. The van der Waals surface area contributed by atoms with E-state index in [0.29, 0.717) is 18.1 Å². The number of rotatable bonds is 3. The van der Waals surface area contributed by atoms with Crippen LogP contribution < -0.4 is 23.7 Å². The van der Waals surface area contributed by atoms with Crippen molar-refractivity contribution in [3.8, 4) is 28.7 Å². The molecule has 0 radical (unpaired) electrons. The summed E-state index contributed by atoms with van der Waals surface area (Å²) in [6, 6.07) is 7.71. The Morgan fingerprint density at radius 3 is 2.55 bits per heavy atom. The number of ether oxygens (including phenoxy) is 5. The fourth-order valence-corrected chi connectivity index (χ4v) is 4.42. The number of oxime groups is 1. The van der Waals surface area contributed by atoms with Crippen LogP contribution in [0.4, 0.5) is 0 Å². The minimum atomic E-state index is -0.371. The summed E-state index contributed by atoms with van der Waals surface area (Å²) in [4.78, 5) is 5.27. The molecule has 0 bridgehead atoms. The first-order chi connectivity index (χ1) is 15.0. The lowest BCUT2D eigenvalue weighted by Crippen LogP contribution is -2.43. The Labute approximate surface area is 181 Å². The second kappa shape index (κ2) is 7.11. The predicted octanol–water partition coefficient (Wildman–Crippen LogP) is 4.18. The fourth-order valence-electron chi connectivity index (χ4n) is 4.42. The summed E-state index contributed by atoms with van der Waals surface area (Å²) in [5.41, 5.74) is 3.10. The summed E-state index contributed by atoms with van der Waals surface area (Å²) in [7, 11) is 4.77. The molecule has 7 nitrogen and oxygen atoms in total. The molecule has 5 rings (SSSR count). The van der Waals surface area contributed by atoms with E-state index in [1.807, 2.05) is 50.3 Å². The van der Waals surface area contributed by atoms with Crippen LogP contribution in [0.2, 0.25) is 0 Å². The highest BCUT2D eigenvalue weighted by molar-refractivity contribution is 6.09. The van der Waals surface area contributed by atoms with Crippen molar-refractivity contribution in [3.05, 3.63) is 47.0 Å². The molecule has 0 saturated heterocycles. The van der Waals surface area contributed by atoms with Crippen LogP contribution in [0.5, 0.6) is 28.7 Å². The number of hydrogen-bond acceptors (Lipinski definition) is 7. The number of fused-ring (bicyclic) bond motifs is 6. The molecular weight excluding hydrogens is 398 g/mol. The Kier molecular flexibility index (Phi) is 4.50. The van der Waals surface area contributed by atoms with Gasteiger partial charge in [0.2, 0.25) is 0 Å². The molecule has 31 heavy (non-hydrogen) atoms. The highest BCUT2D eigenvalue weighted by atomic mass is 16.6. The molecule has 2 aromatic carbocycles. The number of nitrogens with zero attached hydrogens (tertiary/aromatic N) is 1.